The van der Waals surface area contributed by atoms with Crippen LogP contribution in [0.1, 0.15) is 25.7 Å². The summed E-state index contributed by atoms with van der Waals surface area (Å²) >= 11 is 0. The van der Waals surface area contributed by atoms with Crippen molar-refractivity contribution in [2.24, 2.45) is 0 Å². The van der Waals surface area contributed by atoms with Gasteiger partial charge in [-0.25, -0.2) is 0 Å². The van der Waals surface area contributed by atoms with Crippen molar-refractivity contribution in [3.8, 4) is 5.75 Å². The Morgan fingerprint density at radius 3 is 2.96 bits per heavy atom. The van der Waals surface area contributed by atoms with Crippen LogP contribution in [0.25, 0.3) is 0 Å². The van der Waals surface area contributed by atoms with Gasteiger partial charge >= 0.3 is 5.69 Å². The lowest BCUT2D eigenvalue weighted by atomic mass is 9.90. The Hall–Kier alpha value is -2.22. The van der Waals surface area contributed by atoms with Crippen molar-refractivity contribution in [1.82, 2.24) is 4.90 Å². The van der Waals surface area contributed by atoms with Gasteiger partial charge in [0.1, 0.15) is 5.75 Å². The van der Waals surface area contributed by atoms with E-state index in [-0.39, 0.29) is 30.4 Å². The Labute approximate surface area is 138 Å². The van der Waals surface area contributed by atoms with E-state index in [1.165, 1.54) is 6.07 Å². The first-order chi connectivity index (χ1) is 11.6. The normalized spacial score (nSPS) is 23.5. The van der Waals surface area contributed by atoms with Gasteiger partial charge in [0.2, 0.25) is 5.82 Å². The first-order valence-electron chi connectivity index (χ1n) is 8.04. The lowest BCUT2D eigenvalue weighted by Crippen LogP contribution is -2.55. The number of morpholine rings is 1. The summed E-state index contributed by atoms with van der Waals surface area (Å²) in [5, 5.41) is 10.6. The summed E-state index contributed by atoms with van der Waals surface area (Å²) in [6.45, 7) is 0.817. The predicted octanol–water partition coefficient (Wildman–Crippen LogP) is 2.28. The number of ether oxygens (including phenoxy) is 2. The summed E-state index contributed by atoms with van der Waals surface area (Å²) < 4.78 is 24.6. The van der Waals surface area contributed by atoms with Crippen molar-refractivity contribution < 1.29 is 23.6 Å². The Balaban J connectivity index is 1.60. The smallest absolute Gasteiger partial charge is 0.305 e. The molecule has 1 aliphatic carbocycles. The standard InChI is InChI=1S/C16H19FN2O5/c17-12-9-11(5-6-13(12)19(21)22)24-10-16(20)18-7-8-23-15-4-2-1-3-14(15)18/h5-6,9,14-15H,1-4,7-8,10H2/t14-,15+/m0/s1. The summed E-state index contributed by atoms with van der Waals surface area (Å²) in [5.41, 5.74) is -0.619. The number of carbonyl (C=O) groups excluding carboxylic acids is 1. The molecule has 1 heterocycles. The molecule has 2 aliphatic rings. The van der Waals surface area contributed by atoms with E-state index in [2.05, 4.69) is 0 Å². The zero-order valence-corrected chi connectivity index (χ0v) is 13.2. The van der Waals surface area contributed by atoms with E-state index in [0.717, 1.165) is 37.8 Å². The van der Waals surface area contributed by atoms with Crippen molar-refractivity contribution in [1.29, 1.82) is 0 Å². The molecule has 24 heavy (non-hydrogen) atoms. The van der Waals surface area contributed by atoms with Crippen LogP contribution in [0, 0.1) is 15.9 Å². The van der Waals surface area contributed by atoms with Gasteiger partial charge in [-0.3, -0.25) is 14.9 Å². The molecular formula is C16H19FN2O5. The summed E-state index contributed by atoms with van der Waals surface area (Å²) in [4.78, 5) is 24.0. The molecule has 2 atom stereocenters. The summed E-state index contributed by atoms with van der Waals surface area (Å²) in [5.74, 6) is -1.06. The Kier molecular flexibility index (Phi) is 4.94. The molecule has 3 rings (SSSR count). The highest BCUT2D eigenvalue weighted by Crippen LogP contribution is 2.28. The van der Waals surface area contributed by atoms with Crippen LogP contribution in [-0.4, -0.2) is 47.6 Å². The van der Waals surface area contributed by atoms with Crippen molar-refractivity contribution in [2.75, 3.05) is 19.8 Å². The van der Waals surface area contributed by atoms with E-state index in [9.17, 15) is 19.3 Å². The SMILES string of the molecule is O=C(COc1ccc([N+](=O)[O-])c(F)c1)N1CCO[C@@H]2CCCC[C@@H]21. The van der Waals surface area contributed by atoms with E-state index in [4.69, 9.17) is 9.47 Å². The zero-order valence-electron chi connectivity index (χ0n) is 13.2. The molecule has 1 saturated heterocycles. The van der Waals surface area contributed by atoms with Crippen LogP contribution < -0.4 is 4.74 Å². The number of benzene rings is 1. The van der Waals surface area contributed by atoms with Crippen LogP contribution in [0.3, 0.4) is 0 Å². The fourth-order valence-corrected chi connectivity index (χ4v) is 3.36. The molecule has 0 N–H and O–H groups in total. The number of hydrogen-bond donors (Lipinski definition) is 0. The van der Waals surface area contributed by atoms with Crippen LogP contribution in [-0.2, 0) is 9.53 Å². The molecule has 0 unspecified atom stereocenters. The van der Waals surface area contributed by atoms with E-state index in [1.54, 1.807) is 4.90 Å². The van der Waals surface area contributed by atoms with Crippen molar-refractivity contribution >= 4 is 11.6 Å². The third-order valence-electron chi connectivity index (χ3n) is 4.53. The van der Waals surface area contributed by atoms with Crippen LogP contribution in [0.4, 0.5) is 10.1 Å². The van der Waals surface area contributed by atoms with Crippen LogP contribution in [0.15, 0.2) is 18.2 Å². The Morgan fingerprint density at radius 2 is 2.21 bits per heavy atom. The summed E-state index contributed by atoms with van der Waals surface area (Å²) in [6.07, 6.45) is 4.16. The van der Waals surface area contributed by atoms with Gasteiger partial charge in [-0.1, -0.05) is 12.8 Å². The molecule has 130 valence electrons. The minimum absolute atomic E-state index is 0.0807. The highest BCUT2D eigenvalue weighted by Gasteiger charge is 2.36. The van der Waals surface area contributed by atoms with Gasteiger partial charge in [-0.2, -0.15) is 4.39 Å². The number of fused-ring (bicyclic) bond motifs is 1. The molecule has 1 amide bonds. The Bertz CT molecular complexity index is 637. The number of rotatable bonds is 4. The quantitative estimate of drug-likeness (QED) is 0.621. The minimum Gasteiger partial charge on any atom is -0.484 e. The van der Waals surface area contributed by atoms with E-state index in [0.29, 0.717) is 13.2 Å². The lowest BCUT2D eigenvalue weighted by Gasteiger charge is -2.43. The second-order valence-electron chi connectivity index (χ2n) is 6.01. The number of amides is 1. The average molecular weight is 338 g/mol. The van der Waals surface area contributed by atoms with E-state index >= 15 is 0 Å². The maximum absolute atomic E-state index is 13.6. The number of nitro groups is 1. The van der Waals surface area contributed by atoms with Gasteiger partial charge < -0.3 is 14.4 Å². The van der Waals surface area contributed by atoms with Gasteiger partial charge in [0, 0.05) is 18.7 Å². The van der Waals surface area contributed by atoms with Gasteiger partial charge in [0.25, 0.3) is 5.91 Å². The minimum atomic E-state index is -0.983. The van der Waals surface area contributed by atoms with Crippen LogP contribution in [0.2, 0.25) is 0 Å². The molecule has 1 aromatic carbocycles. The lowest BCUT2D eigenvalue weighted by molar-refractivity contribution is -0.387. The summed E-state index contributed by atoms with van der Waals surface area (Å²) in [6, 6.07) is 3.32. The molecular weight excluding hydrogens is 319 g/mol. The first kappa shape index (κ1) is 16.6. The summed E-state index contributed by atoms with van der Waals surface area (Å²) in [7, 11) is 0. The molecule has 0 spiro atoms. The number of hydrogen-bond acceptors (Lipinski definition) is 5. The van der Waals surface area contributed by atoms with Crippen molar-refractivity contribution in [3.63, 3.8) is 0 Å². The van der Waals surface area contributed by atoms with Crippen LogP contribution in [0.5, 0.6) is 5.75 Å². The fourth-order valence-electron chi connectivity index (χ4n) is 3.36. The number of carbonyl (C=O) groups is 1. The maximum atomic E-state index is 13.6. The molecule has 1 aromatic rings. The second-order valence-corrected chi connectivity index (χ2v) is 6.01. The topological polar surface area (TPSA) is 81.9 Å². The molecule has 8 heteroatoms. The predicted molar refractivity (Wildman–Crippen MR) is 82.3 cm³/mol. The van der Waals surface area contributed by atoms with Gasteiger partial charge in [0.05, 0.1) is 23.7 Å². The molecule has 0 radical (unpaired) electrons. The molecule has 1 saturated carbocycles. The molecule has 7 nitrogen and oxygen atoms in total. The maximum Gasteiger partial charge on any atom is 0.305 e. The number of halogens is 1. The zero-order chi connectivity index (χ0) is 17.1. The molecule has 1 aliphatic heterocycles. The molecule has 0 bridgehead atoms. The fraction of sp³-hybridized carbons (Fsp3) is 0.562. The highest BCUT2D eigenvalue weighted by atomic mass is 19.1. The van der Waals surface area contributed by atoms with Crippen molar-refractivity contribution in [3.05, 3.63) is 34.1 Å². The van der Waals surface area contributed by atoms with Crippen molar-refractivity contribution in [2.45, 2.75) is 37.8 Å². The second kappa shape index (κ2) is 7.12. The molecule has 0 aromatic heterocycles. The largest absolute Gasteiger partial charge is 0.484 e. The monoisotopic (exact) mass is 338 g/mol. The van der Waals surface area contributed by atoms with E-state index < -0.39 is 16.4 Å². The third kappa shape index (κ3) is 3.48. The highest BCUT2D eigenvalue weighted by molar-refractivity contribution is 5.78. The average Bonchev–Trinajstić information content (AvgIpc) is 2.59. The van der Waals surface area contributed by atoms with Gasteiger partial charge in [-0.15, -0.1) is 0 Å². The van der Waals surface area contributed by atoms with Gasteiger partial charge in [-0.05, 0) is 18.9 Å². The third-order valence-corrected chi connectivity index (χ3v) is 4.53. The number of nitro benzene ring substituents is 1. The first-order valence-corrected chi connectivity index (χ1v) is 8.04. The van der Waals surface area contributed by atoms with Crippen LogP contribution >= 0.6 is 0 Å². The van der Waals surface area contributed by atoms with E-state index in [1.807, 2.05) is 0 Å². The number of nitrogens with zero attached hydrogens (tertiary/aromatic N) is 2. The molecule has 2 fully saturated rings. The Morgan fingerprint density at radius 1 is 1.42 bits per heavy atom. The van der Waals surface area contributed by atoms with Gasteiger partial charge in [0.15, 0.2) is 6.61 Å².